The number of ether oxygens (including phenoxy) is 4. The van der Waals surface area contributed by atoms with E-state index in [1.807, 2.05) is 44.2 Å². The molecule has 0 fully saturated rings. The second kappa shape index (κ2) is 14.7. The summed E-state index contributed by atoms with van der Waals surface area (Å²) >= 11 is 0. The molecular weight excluding hydrogens is 570 g/mol. The molecule has 1 heterocycles. The summed E-state index contributed by atoms with van der Waals surface area (Å²) in [5.41, 5.74) is 4.35. The van der Waals surface area contributed by atoms with Crippen LogP contribution in [0.25, 0.3) is 22.3 Å². The van der Waals surface area contributed by atoms with Crippen molar-refractivity contribution in [3.63, 3.8) is 0 Å². The molecule has 0 N–H and O–H groups in total. The van der Waals surface area contributed by atoms with Crippen LogP contribution in [0.1, 0.15) is 62.8 Å². The van der Waals surface area contributed by atoms with Gasteiger partial charge in [-0.15, -0.1) is 6.58 Å². The third kappa shape index (κ3) is 7.60. The van der Waals surface area contributed by atoms with E-state index in [0.29, 0.717) is 46.8 Å². The number of para-hydroxylation sites is 1. The summed E-state index contributed by atoms with van der Waals surface area (Å²) in [4.78, 5) is 31.0. The number of carbonyl (C=O) groups excluding carboxylic acids is 1. The van der Waals surface area contributed by atoms with Gasteiger partial charge in [0.1, 0.15) is 5.75 Å². The van der Waals surface area contributed by atoms with Crippen molar-refractivity contribution in [1.29, 1.82) is 0 Å². The lowest BCUT2D eigenvalue weighted by atomic mass is 9.96. The number of esters is 1. The van der Waals surface area contributed by atoms with Crippen molar-refractivity contribution in [3.8, 4) is 28.6 Å². The number of aryl methyl sites for hydroxylation is 1. The molecule has 4 aromatic rings. The zero-order valence-corrected chi connectivity index (χ0v) is 27.0. The van der Waals surface area contributed by atoms with Gasteiger partial charge >= 0.3 is 5.97 Å². The molecule has 0 saturated heterocycles. The van der Waals surface area contributed by atoms with Crippen LogP contribution in [0, 0.1) is 6.92 Å². The molecule has 3 aromatic carbocycles. The van der Waals surface area contributed by atoms with Crippen molar-refractivity contribution in [3.05, 3.63) is 93.8 Å². The van der Waals surface area contributed by atoms with Crippen LogP contribution < -0.4 is 19.8 Å². The lowest BCUT2D eigenvalue weighted by Gasteiger charge is -2.18. The average molecular weight is 612 g/mol. The number of hydrogen-bond acceptors (Lipinski definition) is 8. The van der Waals surface area contributed by atoms with Gasteiger partial charge in [0.05, 0.1) is 36.9 Å². The first-order valence-electron chi connectivity index (χ1n) is 15.1. The molecule has 0 unspecified atom stereocenters. The highest BCUT2D eigenvalue weighted by atomic mass is 16.6. The molecule has 0 bridgehead atoms. The van der Waals surface area contributed by atoms with E-state index in [0.717, 1.165) is 28.0 Å². The Morgan fingerprint density at radius 3 is 2.49 bits per heavy atom. The number of benzene rings is 3. The third-order valence-electron chi connectivity index (χ3n) is 7.04. The Kier molecular flexibility index (Phi) is 10.8. The monoisotopic (exact) mass is 611 g/mol. The molecule has 1 aromatic heterocycles. The van der Waals surface area contributed by atoms with Crippen LogP contribution in [0.3, 0.4) is 0 Å². The standard InChI is InChI=1S/C36H41N3O6/c1-9-13-26-17-25(18-32(43-10-2)34(26)44-21-33(40)45-23(5)6)20-37-39-35(38-30-15-12-11-14-27(30)36(39)41)29-19-28(22(3)4)31(42-8)16-24(29)7/h9,11-12,14-20,22-23H,1,10,13,21H2,2-8H3. The maximum Gasteiger partial charge on any atom is 0.344 e. The molecule has 0 aliphatic rings. The third-order valence-corrected chi connectivity index (χ3v) is 7.04. The van der Waals surface area contributed by atoms with E-state index < -0.39 is 5.97 Å². The highest BCUT2D eigenvalue weighted by Crippen LogP contribution is 2.35. The van der Waals surface area contributed by atoms with Gasteiger partial charge in [-0.2, -0.15) is 9.78 Å². The summed E-state index contributed by atoms with van der Waals surface area (Å²) in [7, 11) is 1.65. The number of rotatable bonds is 13. The molecular formula is C36H41N3O6. The largest absolute Gasteiger partial charge is 0.496 e. The first-order chi connectivity index (χ1) is 21.6. The maximum atomic E-state index is 13.9. The van der Waals surface area contributed by atoms with Crippen LogP contribution in [-0.4, -0.2) is 48.3 Å². The van der Waals surface area contributed by atoms with Crippen molar-refractivity contribution >= 4 is 23.1 Å². The smallest absolute Gasteiger partial charge is 0.344 e. The zero-order valence-electron chi connectivity index (χ0n) is 27.0. The van der Waals surface area contributed by atoms with Crippen LogP contribution in [0.4, 0.5) is 0 Å². The lowest BCUT2D eigenvalue weighted by Crippen LogP contribution is -2.21. The Bertz CT molecular complexity index is 1790. The van der Waals surface area contributed by atoms with Crippen LogP contribution in [-0.2, 0) is 16.0 Å². The van der Waals surface area contributed by atoms with E-state index >= 15 is 0 Å². The predicted octanol–water partition coefficient (Wildman–Crippen LogP) is 6.84. The number of fused-ring (bicyclic) bond motifs is 1. The lowest BCUT2D eigenvalue weighted by molar-refractivity contribution is -0.149. The van der Waals surface area contributed by atoms with E-state index in [1.54, 1.807) is 51.4 Å². The minimum Gasteiger partial charge on any atom is -0.496 e. The molecule has 45 heavy (non-hydrogen) atoms. The number of carbonyl (C=O) groups is 1. The minimum atomic E-state index is -0.479. The first-order valence-corrected chi connectivity index (χ1v) is 15.1. The Labute approximate surface area is 264 Å². The van der Waals surface area contributed by atoms with E-state index in [1.165, 1.54) is 4.68 Å². The van der Waals surface area contributed by atoms with Gasteiger partial charge in [-0.25, -0.2) is 9.78 Å². The van der Waals surface area contributed by atoms with Crippen LogP contribution in [0.2, 0.25) is 0 Å². The Hall–Kier alpha value is -4.92. The maximum absolute atomic E-state index is 13.9. The molecule has 0 saturated carbocycles. The molecule has 0 radical (unpaired) electrons. The van der Waals surface area contributed by atoms with Crippen molar-refractivity contribution < 1.29 is 23.7 Å². The van der Waals surface area contributed by atoms with E-state index in [2.05, 4.69) is 25.5 Å². The highest BCUT2D eigenvalue weighted by Gasteiger charge is 2.19. The highest BCUT2D eigenvalue weighted by molar-refractivity contribution is 5.84. The minimum absolute atomic E-state index is 0.177. The summed E-state index contributed by atoms with van der Waals surface area (Å²) in [5, 5.41) is 5.14. The average Bonchev–Trinajstić information content (AvgIpc) is 2.99. The molecule has 9 nitrogen and oxygen atoms in total. The van der Waals surface area contributed by atoms with E-state index in [9.17, 15) is 9.59 Å². The second-order valence-electron chi connectivity index (χ2n) is 11.1. The van der Waals surface area contributed by atoms with Gasteiger partial charge in [0.2, 0.25) is 0 Å². The molecule has 0 aliphatic carbocycles. The fourth-order valence-electron chi connectivity index (χ4n) is 5.02. The van der Waals surface area contributed by atoms with Gasteiger partial charge in [0.15, 0.2) is 23.9 Å². The van der Waals surface area contributed by atoms with Crippen LogP contribution >= 0.6 is 0 Å². The molecule has 4 rings (SSSR count). The van der Waals surface area contributed by atoms with Gasteiger partial charge in [-0.3, -0.25) is 4.79 Å². The normalized spacial score (nSPS) is 11.4. The van der Waals surface area contributed by atoms with Crippen LogP contribution in [0.15, 0.2) is 71.1 Å². The van der Waals surface area contributed by atoms with Gasteiger partial charge < -0.3 is 18.9 Å². The van der Waals surface area contributed by atoms with E-state index in [4.69, 9.17) is 23.9 Å². The molecule has 0 atom stereocenters. The number of hydrogen-bond donors (Lipinski definition) is 0. The van der Waals surface area contributed by atoms with Crippen molar-refractivity contribution in [2.24, 2.45) is 5.10 Å². The van der Waals surface area contributed by atoms with E-state index in [-0.39, 0.29) is 24.2 Å². The van der Waals surface area contributed by atoms with Crippen molar-refractivity contribution in [1.82, 2.24) is 9.66 Å². The van der Waals surface area contributed by atoms with Crippen molar-refractivity contribution in [2.45, 2.75) is 60.0 Å². The molecule has 9 heteroatoms. The van der Waals surface area contributed by atoms with Gasteiger partial charge in [0.25, 0.3) is 5.56 Å². The fraction of sp³-hybridized carbons (Fsp3) is 0.333. The number of nitrogens with zero attached hydrogens (tertiary/aromatic N) is 3. The summed E-state index contributed by atoms with van der Waals surface area (Å²) in [5.74, 6) is 1.76. The molecule has 0 spiro atoms. The quantitative estimate of drug-likeness (QED) is 0.0926. The summed E-state index contributed by atoms with van der Waals surface area (Å²) in [6.07, 6.45) is 3.52. The zero-order chi connectivity index (χ0) is 32.7. The van der Waals surface area contributed by atoms with Crippen LogP contribution in [0.5, 0.6) is 17.2 Å². The molecule has 236 valence electrons. The fourth-order valence-corrected chi connectivity index (χ4v) is 5.02. The summed E-state index contributed by atoms with van der Waals surface area (Å²) < 4.78 is 24.0. The Balaban J connectivity index is 1.87. The summed E-state index contributed by atoms with van der Waals surface area (Å²) in [6, 6.07) is 14.8. The molecule has 0 amide bonds. The Morgan fingerprint density at radius 1 is 1.07 bits per heavy atom. The second-order valence-corrected chi connectivity index (χ2v) is 11.1. The number of methoxy groups -OCH3 is 1. The predicted molar refractivity (Wildman–Crippen MR) is 178 cm³/mol. The van der Waals surface area contributed by atoms with Gasteiger partial charge in [0, 0.05) is 11.1 Å². The van der Waals surface area contributed by atoms with Gasteiger partial charge in [-0.05, 0) is 93.1 Å². The topological polar surface area (TPSA) is 101 Å². The van der Waals surface area contributed by atoms with Crippen molar-refractivity contribution in [2.75, 3.05) is 20.3 Å². The number of allylic oxidation sites excluding steroid dienone is 1. The Morgan fingerprint density at radius 2 is 1.82 bits per heavy atom. The first kappa shape index (κ1) is 33.0. The SMILES string of the molecule is C=CCc1cc(C=Nn2c(-c3cc(C(C)C)c(OC)cc3C)nc3ccccc3c2=O)cc(OCC)c1OCC(=O)OC(C)C. The summed E-state index contributed by atoms with van der Waals surface area (Å²) in [6.45, 7) is 15.5. The number of aromatic nitrogens is 2. The van der Waals surface area contributed by atoms with Gasteiger partial charge in [-0.1, -0.05) is 32.1 Å². The molecule has 0 aliphatic heterocycles.